The second-order valence-electron chi connectivity index (χ2n) is 2.21. The van der Waals surface area contributed by atoms with Crippen LogP contribution in [0.1, 0.15) is 13.3 Å². The Morgan fingerprint density at radius 1 is 1.60 bits per heavy atom. The molecule has 1 nitrogen and oxygen atoms in total. The first-order chi connectivity index (χ1) is 4.77. The van der Waals surface area contributed by atoms with E-state index in [1.165, 1.54) is 0 Å². The van der Waals surface area contributed by atoms with Gasteiger partial charge in [0.25, 0.3) is 0 Å². The quantitative estimate of drug-likeness (QED) is 0.561. The average molecular weight is 159 g/mol. The van der Waals surface area contributed by atoms with Crippen molar-refractivity contribution in [3.05, 3.63) is 24.3 Å². The van der Waals surface area contributed by atoms with E-state index in [1.807, 2.05) is 31.2 Å². The predicted octanol–water partition coefficient (Wildman–Crippen LogP) is 2.47. The van der Waals surface area contributed by atoms with Crippen LogP contribution in [0.4, 0.5) is 0 Å². The van der Waals surface area contributed by atoms with Crippen molar-refractivity contribution in [2.45, 2.75) is 18.4 Å². The smallest absolute Gasteiger partial charge is 0.164 e. The van der Waals surface area contributed by atoms with E-state index in [9.17, 15) is 0 Å². The number of hydrogen-bond donors (Lipinski definition) is 0. The Balaban J connectivity index is 2.52. The molecule has 0 aromatic heterocycles. The van der Waals surface area contributed by atoms with Crippen molar-refractivity contribution in [1.29, 1.82) is 0 Å². The lowest BCUT2D eigenvalue weighted by molar-refractivity contribution is 0.0650. The highest BCUT2D eigenvalue weighted by Crippen LogP contribution is 2.26. The number of halogens is 1. The second-order valence-corrected chi connectivity index (χ2v) is 2.85. The summed E-state index contributed by atoms with van der Waals surface area (Å²) < 4.78 is 5.30. The third-order valence-electron chi connectivity index (χ3n) is 1.37. The zero-order valence-electron chi connectivity index (χ0n) is 6.01. The molecule has 1 unspecified atom stereocenters. The maximum atomic E-state index is 6.01. The summed E-state index contributed by atoms with van der Waals surface area (Å²) in [4.78, 5) is 0. The molecule has 0 amide bonds. The number of rotatable bonds is 2. The van der Waals surface area contributed by atoms with Gasteiger partial charge in [0.15, 0.2) is 5.06 Å². The van der Waals surface area contributed by atoms with Gasteiger partial charge in [0.05, 0.1) is 0 Å². The van der Waals surface area contributed by atoms with Gasteiger partial charge in [-0.2, -0.15) is 0 Å². The summed E-state index contributed by atoms with van der Waals surface area (Å²) in [5.41, 5.74) is 0. The van der Waals surface area contributed by atoms with Crippen molar-refractivity contribution in [2.75, 3.05) is 6.61 Å². The standard InChI is InChI=1S/C8H11ClO/c1-2-10-8(9)6-4-3-5-7-8/h3-6H,2,7H2,1H3. The molecule has 1 aliphatic rings. The van der Waals surface area contributed by atoms with Gasteiger partial charge in [-0.25, -0.2) is 0 Å². The summed E-state index contributed by atoms with van der Waals surface area (Å²) in [5, 5.41) is -0.566. The first kappa shape index (κ1) is 7.83. The lowest BCUT2D eigenvalue weighted by Gasteiger charge is -2.23. The molecule has 0 radical (unpaired) electrons. The maximum Gasteiger partial charge on any atom is 0.164 e. The van der Waals surface area contributed by atoms with Crippen LogP contribution in [0.15, 0.2) is 24.3 Å². The molecule has 0 aromatic carbocycles. The molecule has 56 valence electrons. The van der Waals surface area contributed by atoms with Gasteiger partial charge < -0.3 is 4.74 Å². The molecule has 0 aromatic rings. The summed E-state index contributed by atoms with van der Waals surface area (Å²) in [6.07, 6.45) is 8.52. The molecule has 0 fully saturated rings. The Kier molecular flexibility index (Phi) is 2.52. The number of alkyl halides is 1. The molecular weight excluding hydrogens is 148 g/mol. The Morgan fingerprint density at radius 3 is 2.90 bits per heavy atom. The van der Waals surface area contributed by atoms with Crippen LogP contribution in [0.5, 0.6) is 0 Å². The van der Waals surface area contributed by atoms with Gasteiger partial charge in [-0.15, -0.1) is 0 Å². The molecule has 1 aliphatic carbocycles. The van der Waals surface area contributed by atoms with Crippen molar-refractivity contribution in [3.63, 3.8) is 0 Å². The summed E-state index contributed by atoms with van der Waals surface area (Å²) >= 11 is 6.01. The summed E-state index contributed by atoms with van der Waals surface area (Å²) in [6, 6.07) is 0. The Bertz CT molecular complexity index is 163. The summed E-state index contributed by atoms with van der Waals surface area (Å²) in [5.74, 6) is 0. The zero-order chi connectivity index (χ0) is 7.45. The molecule has 1 rings (SSSR count). The Morgan fingerprint density at radius 2 is 2.40 bits per heavy atom. The van der Waals surface area contributed by atoms with Crippen LogP contribution in [0.3, 0.4) is 0 Å². The van der Waals surface area contributed by atoms with Crippen LogP contribution in [0.2, 0.25) is 0 Å². The molecular formula is C8H11ClO. The lowest BCUT2D eigenvalue weighted by atomic mass is 10.1. The van der Waals surface area contributed by atoms with Crippen LogP contribution < -0.4 is 0 Å². The SMILES string of the molecule is CCOC1(Cl)C=CC=CC1. The number of hydrogen-bond acceptors (Lipinski definition) is 1. The monoisotopic (exact) mass is 158 g/mol. The molecule has 0 N–H and O–H groups in total. The highest BCUT2D eigenvalue weighted by Gasteiger charge is 2.23. The maximum absolute atomic E-state index is 6.01. The molecule has 0 spiro atoms. The highest BCUT2D eigenvalue weighted by molar-refractivity contribution is 6.24. The van der Waals surface area contributed by atoms with Crippen molar-refractivity contribution < 1.29 is 4.74 Å². The Hall–Kier alpha value is -0.270. The van der Waals surface area contributed by atoms with Crippen molar-refractivity contribution in [2.24, 2.45) is 0 Å². The molecule has 0 saturated carbocycles. The van der Waals surface area contributed by atoms with E-state index >= 15 is 0 Å². The molecule has 0 saturated heterocycles. The molecule has 10 heavy (non-hydrogen) atoms. The van der Waals surface area contributed by atoms with Crippen molar-refractivity contribution >= 4 is 11.6 Å². The fourth-order valence-electron chi connectivity index (χ4n) is 0.922. The number of allylic oxidation sites excluding steroid dienone is 2. The normalized spacial score (nSPS) is 31.0. The third kappa shape index (κ3) is 1.86. The van der Waals surface area contributed by atoms with Crippen LogP contribution in [-0.2, 0) is 4.74 Å². The highest BCUT2D eigenvalue weighted by atomic mass is 35.5. The van der Waals surface area contributed by atoms with Gasteiger partial charge in [0, 0.05) is 13.0 Å². The van der Waals surface area contributed by atoms with Gasteiger partial charge in [-0.1, -0.05) is 29.8 Å². The van der Waals surface area contributed by atoms with Crippen LogP contribution in [-0.4, -0.2) is 11.7 Å². The first-order valence-electron chi connectivity index (χ1n) is 3.44. The van der Waals surface area contributed by atoms with Gasteiger partial charge >= 0.3 is 0 Å². The fraction of sp³-hybridized carbons (Fsp3) is 0.500. The van der Waals surface area contributed by atoms with E-state index in [0.29, 0.717) is 6.61 Å². The number of ether oxygens (including phenoxy) is 1. The average Bonchev–Trinajstić information content (AvgIpc) is 1.89. The largest absolute Gasteiger partial charge is 0.356 e. The lowest BCUT2D eigenvalue weighted by Crippen LogP contribution is -2.22. The van der Waals surface area contributed by atoms with E-state index in [0.717, 1.165) is 6.42 Å². The molecule has 1 atom stereocenters. The molecule has 2 heteroatoms. The summed E-state index contributed by atoms with van der Waals surface area (Å²) in [6.45, 7) is 2.60. The van der Waals surface area contributed by atoms with Gasteiger partial charge in [0.1, 0.15) is 0 Å². The van der Waals surface area contributed by atoms with E-state index in [1.54, 1.807) is 0 Å². The van der Waals surface area contributed by atoms with E-state index in [2.05, 4.69) is 0 Å². The van der Waals surface area contributed by atoms with Crippen LogP contribution in [0, 0.1) is 0 Å². The summed E-state index contributed by atoms with van der Waals surface area (Å²) in [7, 11) is 0. The minimum Gasteiger partial charge on any atom is -0.356 e. The zero-order valence-corrected chi connectivity index (χ0v) is 6.77. The molecule has 0 aliphatic heterocycles. The van der Waals surface area contributed by atoms with Gasteiger partial charge in [-0.05, 0) is 13.0 Å². The van der Waals surface area contributed by atoms with E-state index in [4.69, 9.17) is 16.3 Å². The van der Waals surface area contributed by atoms with Crippen molar-refractivity contribution in [1.82, 2.24) is 0 Å². The van der Waals surface area contributed by atoms with E-state index < -0.39 is 5.06 Å². The minimum atomic E-state index is -0.566. The second kappa shape index (κ2) is 3.22. The third-order valence-corrected chi connectivity index (χ3v) is 1.76. The fourth-order valence-corrected chi connectivity index (χ4v) is 1.19. The minimum absolute atomic E-state index is 0.566. The van der Waals surface area contributed by atoms with Gasteiger partial charge in [-0.3, -0.25) is 0 Å². The van der Waals surface area contributed by atoms with Gasteiger partial charge in [0.2, 0.25) is 0 Å². The molecule has 0 bridgehead atoms. The molecule has 0 heterocycles. The predicted molar refractivity (Wildman–Crippen MR) is 43.1 cm³/mol. The van der Waals surface area contributed by atoms with Crippen LogP contribution in [0.25, 0.3) is 0 Å². The van der Waals surface area contributed by atoms with Crippen molar-refractivity contribution in [3.8, 4) is 0 Å². The van der Waals surface area contributed by atoms with Crippen LogP contribution >= 0.6 is 11.6 Å². The van der Waals surface area contributed by atoms with E-state index in [-0.39, 0.29) is 0 Å². The Labute approximate surface area is 66.3 Å². The first-order valence-corrected chi connectivity index (χ1v) is 3.82. The topological polar surface area (TPSA) is 9.23 Å².